The van der Waals surface area contributed by atoms with Crippen LogP contribution in [-0.4, -0.2) is 24.9 Å². The predicted octanol–water partition coefficient (Wildman–Crippen LogP) is 0.491. The minimum Gasteiger partial charge on any atom is -0.251 e. The Morgan fingerprint density at radius 1 is 1.67 bits per heavy atom. The number of hydrogen-bond acceptors (Lipinski definition) is 4. The van der Waals surface area contributed by atoms with Crippen molar-refractivity contribution in [3.8, 4) is 0 Å². The second kappa shape index (κ2) is 3.34. The van der Waals surface area contributed by atoms with Gasteiger partial charge < -0.3 is 0 Å². The molecule has 0 fully saturated rings. The topological polar surface area (TPSA) is 40.0 Å². The van der Waals surface area contributed by atoms with Crippen LogP contribution in [0.5, 0.6) is 0 Å². The van der Waals surface area contributed by atoms with Gasteiger partial charge in [0.25, 0.3) is 0 Å². The molecular weight excluding hydrogens is 123 g/mol. The Morgan fingerprint density at radius 3 is 3.11 bits per heavy atom. The van der Waals surface area contributed by atoms with Crippen LogP contribution in [0.1, 0.15) is 6.42 Å². The van der Waals surface area contributed by atoms with Crippen molar-refractivity contribution in [3.63, 3.8) is 0 Å². The smallest absolute Gasteiger partial charge is 0.133 e. The van der Waals surface area contributed by atoms with E-state index in [2.05, 4.69) is 15.9 Å². The third-order valence-electron chi connectivity index (χ3n) is 1.05. The van der Waals surface area contributed by atoms with E-state index in [4.69, 9.17) is 0 Å². The summed E-state index contributed by atoms with van der Waals surface area (Å²) in [5.74, 6) is 0. The van der Waals surface area contributed by atoms with Crippen LogP contribution in [0.4, 0.5) is 4.39 Å². The Balaban J connectivity index is 2.01. The van der Waals surface area contributed by atoms with Crippen molar-refractivity contribution in [1.29, 1.82) is 0 Å². The van der Waals surface area contributed by atoms with Crippen LogP contribution < -0.4 is 5.53 Å². The van der Waals surface area contributed by atoms with Gasteiger partial charge in [0, 0.05) is 6.54 Å². The van der Waals surface area contributed by atoms with Crippen molar-refractivity contribution in [2.24, 2.45) is 10.3 Å². The molecule has 5 heteroatoms. The van der Waals surface area contributed by atoms with Crippen molar-refractivity contribution in [1.82, 2.24) is 10.5 Å². The number of nitrogens with zero attached hydrogens (tertiary/aromatic N) is 3. The van der Waals surface area contributed by atoms with E-state index in [9.17, 15) is 4.39 Å². The van der Waals surface area contributed by atoms with Crippen molar-refractivity contribution < 1.29 is 4.39 Å². The van der Waals surface area contributed by atoms with Gasteiger partial charge in [0.15, 0.2) is 0 Å². The molecule has 1 N–H and O–H groups in total. The second-order valence-corrected chi connectivity index (χ2v) is 1.79. The van der Waals surface area contributed by atoms with Gasteiger partial charge in [-0.25, -0.2) is 5.53 Å². The van der Waals surface area contributed by atoms with E-state index in [1.165, 1.54) is 0 Å². The maximum Gasteiger partial charge on any atom is 0.133 e. The van der Waals surface area contributed by atoms with Gasteiger partial charge in [-0.2, -0.15) is 10.1 Å². The zero-order valence-corrected chi connectivity index (χ0v) is 5.05. The summed E-state index contributed by atoms with van der Waals surface area (Å²) >= 11 is 0. The Kier molecular flexibility index (Phi) is 2.38. The molecule has 9 heavy (non-hydrogen) atoms. The van der Waals surface area contributed by atoms with Gasteiger partial charge in [-0.1, -0.05) is 5.22 Å². The van der Waals surface area contributed by atoms with Crippen LogP contribution in [0.2, 0.25) is 0 Å². The molecule has 0 atom stereocenters. The highest BCUT2D eigenvalue weighted by Crippen LogP contribution is 1.94. The van der Waals surface area contributed by atoms with E-state index in [1.807, 2.05) is 0 Å². The first-order valence-electron chi connectivity index (χ1n) is 2.86. The standard InChI is InChI=1S/C4H9FN4/c5-2-1-3-9-4-6-7-8-9/h1-4H2,(H,6,8). The molecule has 0 amide bonds. The van der Waals surface area contributed by atoms with E-state index in [0.29, 0.717) is 19.6 Å². The average Bonchev–Trinajstić information content (AvgIpc) is 2.34. The van der Waals surface area contributed by atoms with Crippen molar-refractivity contribution in [3.05, 3.63) is 0 Å². The molecule has 0 saturated carbocycles. The third kappa shape index (κ3) is 1.93. The summed E-state index contributed by atoms with van der Waals surface area (Å²) in [6.07, 6.45) is 0.540. The molecule has 0 unspecified atom stereocenters. The van der Waals surface area contributed by atoms with E-state index < -0.39 is 0 Å². The lowest BCUT2D eigenvalue weighted by molar-refractivity contribution is 0.225. The Hall–Kier alpha value is -0.710. The van der Waals surface area contributed by atoms with Crippen molar-refractivity contribution in [2.45, 2.75) is 6.42 Å². The monoisotopic (exact) mass is 132 g/mol. The van der Waals surface area contributed by atoms with Crippen LogP contribution in [-0.2, 0) is 0 Å². The van der Waals surface area contributed by atoms with Crippen molar-refractivity contribution in [2.75, 3.05) is 19.9 Å². The normalized spacial score (nSPS) is 18.3. The van der Waals surface area contributed by atoms with Crippen LogP contribution >= 0.6 is 0 Å². The van der Waals surface area contributed by atoms with E-state index in [0.717, 1.165) is 0 Å². The molecule has 1 rings (SSSR count). The minimum atomic E-state index is -0.280. The fourth-order valence-corrected chi connectivity index (χ4v) is 0.606. The van der Waals surface area contributed by atoms with E-state index >= 15 is 0 Å². The van der Waals surface area contributed by atoms with Gasteiger partial charge in [-0.3, -0.25) is 4.39 Å². The van der Waals surface area contributed by atoms with E-state index in [1.54, 1.807) is 5.01 Å². The van der Waals surface area contributed by atoms with Crippen molar-refractivity contribution >= 4 is 0 Å². The number of nitrogens with one attached hydrogen (secondary N) is 1. The molecule has 1 aliphatic heterocycles. The fraction of sp³-hybridized carbons (Fsp3) is 1.00. The van der Waals surface area contributed by atoms with Gasteiger partial charge >= 0.3 is 0 Å². The van der Waals surface area contributed by atoms with Gasteiger partial charge in [0.1, 0.15) is 6.67 Å². The Labute approximate surface area is 52.7 Å². The third-order valence-corrected chi connectivity index (χ3v) is 1.05. The van der Waals surface area contributed by atoms with Crippen LogP contribution in [0.15, 0.2) is 10.3 Å². The molecule has 0 saturated heterocycles. The van der Waals surface area contributed by atoms with Gasteiger partial charge in [-0.15, -0.1) is 0 Å². The largest absolute Gasteiger partial charge is 0.251 e. The van der Waals surface area contributed by atoms with Crippen LogP contribution in [0.25, 0.3) is 0 Å². The lowest BCUT2D eigenvalue weighted by Gasteiger charge is -2.09. The maximum atomic E-state index is 11.5. The summed E-state index contributed by atoms with van der Waals surface area (Å²) in [6.45, 7) is 0.932. The summed E-state index contributed by atoms with van der Waals surface area (Å²) in [5, 5.41) is 8.88. The second-order valence-electron chi connectivity index (χ2n) is 1.79. The molecule has 0 aromatic rings. The zero-order chi connectivity index (χ0) is 6.53. The molecule has 1 heterocycles. The molecule has 0 spiro atoms. The highest BCUT2D eigenvalue weighted by atomic mass is 19.1. The number of hydrazine groups is 1. The quantitative estimate of drug-likeness (QED) is 0.607. The zero-order valence-electron chi connectivity index (χ0n) is 5.05. The fourth-order valence-electron chi connectivity index (χ4n) is 0.606. The van der Waals surface area contributed by atoms with E-state index in [-0.39, 0.29) is 6.67 Å². The number of alkyl halides is 1. The summed E-state index contributed by atoms with van der Waals surface area (Å²) in [5.41, 5.74) is 2.62. The summed E-state index contributed by atoms with van der Waals surface area (Å²) in [4.78, 5) is 0. The first kappa shape index (κ1) is 6.41. The molecule has 0 aromatic heterocycles. The molecule has 52 valence electrons. The summed E-state index contributed by atoms with van der Waals surface area (Å²) in [7, 11) is 0. The SMILES string of the molecule is FCCCN1CN=NN1. The average molecular weight is 132 g/mol. The highest BCUT2D eigenvalue weighted by Gasteiger charge is 2.05. The minimum absolute atomic E-state index is 0.280. The number of halogens is 1. The summed E-state index contributed by atoms with van der Waals surface area (Å²) < 4.78 is 11.5. The van der Waals surface area contributed by atoms with Gasteiger partial charge in [-0.05, 0) is 6.42 Å². The van der Waals surface area contributed by atoms with Gasteiger partial charge in [0.05, 0.1) is 6.67 Å². The molecular formula is C4H9FN4. The predicted molar refractivity (Wildman–Crippen MR) is 30.2 cm³/mol. The molecule has 0 bridgehead atoms. The molecule has 0 aromatic carbocycles. The lowest BCUT2D eigenvalue weighted by atomic mass is 10.5. The maximum absolute atomic E-state index is 11.5. The molecule has 0 radical (unpaired) electrons. The molecule has 1 aliphatic rings. The summed E-state index contributed by atoms with van der Waals surface area (Å²) in [6, 6.07) is 0. The first-order valence-corrected chi connectivity index (χ1v) is 2.86. The molecule has 4 nitrogen and oxygen atoms in total. The Morgan fingerprint density at radius 2 is 2.56 bits per heavy atom. The lowest BCUT2D eigenvalue weighted by Crippen LogP contribution is -2.30. The highest BCUT2D eigenvalue weighted by molar-refractivity contribution is 4.50. The van der Waals surface area contributed by atoms with Crippen LogP contribution in [0, 0.1) is 0 Å². The van der Waals surface area contributed by atoms with Gasteiger partial charge in [0.2, 0.25) is 0 Å². The Bertz CT molecular complexity index is 96.7. The number of hydrogen-bond donors (Lipinski definition) is 1. The number of rotatable bonds is 3. The van der Waals surface area contributed by atoms with Crippen LogP contribution in [0.3, 0.4) is 0 Å². The molecule has 0 aliphatic carbocycles. The first-order chi connectivity index (χ1) is 4.43.